The van der Waals surface area contributed by atoms with Gasteiger partial charge in [-0.3, -0.25) is 0 Å². The first-order valence-corrected chi connectivity index (χ1v) is 11.2. The number of hydrogen-bond donors (Lipinski definition) is 0. The highest BCUT2D eigenvalue weighted by molar-refractivity contribution is 5.91. The summed E-state index contributed by atoms with van der Waals surface area (Å²) in [4.78, 5) is 0. The molecule has 2 nitrogen and oxygen atoms in total. The summed E-state index contributed by atoms with van der Waals surface area (Å²) in [6.07, 6.45) is 4.71. The standard InChI is InChI=1S/C28H32N2/c1-4-28(5-2,25(19-29)20-30)18-24-17-27(23-14-10-7-11-15-23)26(16-21(24)3)22-12-8-6-9-13-22/h6-15,21,24-25H,4-5,16-18H2,1-3H3/t21-,24-/m1/s1. The number of nitriles is 2. The first-order chi connectivity index (χ1) is 14.6. The summed E-state index contributed by atoms with van der Waals surface area (Å²) in [6, 6.07) is 26.1. The molecule has 1 aliphatic carbocycles. The minimum Gasteiger partial charge on any atom is -0.197 e. The van der Waals surface area contributed by atoms with Crippen molar-refractivity contribution >= 4 is 11.1 Å². The van der Waals surface area contributed by atoms with Crippen LogP contribution in [0.3, 0.4) is 0 Å². The van der Waals surface area contributed by atoms with Gasteiger partial charge >= 0.3 is 0 Å². The van der Waals surface area contributed by atoms with Crippen LogP contribution in [0, 0.1) is 45.8 Å². The van der Waals surface area contributed by atoms with Gasteiger partial charge in [-0.2, -0.15) is 10.5 Å². The topological polar surface area (TPSA) is 47.6 Å². The highest BCUT2D eigenvalue weighted by Gasteiger charge is 2.41. The predicted octanol–water partition coefficient (Wildman–Crippen LogP) is 7.50. The summed E-state index contributed by atoms with van der Waals surface area (Å²) in [5, 5.41) is 19.3. The smallest absolute Gasteiger partial charge is 0.138 e. The monoisotopic (exact) mass is 396 g/mol. The molecule has 0 heterocycles. The van der Waals surface area contributed by atoms with E-state index in [1.807, 2.05) is 0 Å². The van der Waals surface area contributed by atoms with Crippen LogP contribution in [0.2, 0.25) is 0 Å². The third-order valence-electron chi connectivity index (χ3n) is 7.35. The fourth-order valence-electron chi connectivity index (χ4n) is 5.22. The molecule has 0 bridgehead atoms. The average Bonchev–Trinajstić information content (AvgIpc) is 2.81. The molecule has 0 aromatic heterocycles. The van der Waals surface area contributed by atoms with Crippen molar-refractivity contribution in [2.75, 3.05) is 0 Å². The third-order valence-corrected chi connectivity index (χ3v) is 7.35. The van der Waals surface area contributed by atoms with E-state index in [1.54, 1.807) is 0 Å². The molecule has 0 unspecified atom stereocenters. The van der Waals surface area contributed by atoms with E-state index in [2.05, 4.69) is 93.6 Å². The number of allylic oxidation sites excluding steroid dienone is 2. The maximum Gasteiger partial charge on any atom is 0.138 e. The first kappa shape index (κ1) is 21.9. The van der Waals surface area contributed by atoms with Gasteiger partial charge in [0.1, 0.15) is 5.92 Å². The maximum absolute atomic E-state index is 9.66. The molecule has 2 atom stereocenters. The molecule has 0 saturated carbocycles. The number of rotatable bonds is 7. The van der Waals surface area contributed by atoms with Gasteiger partial charge in [-0.05, 0) is 71.6 Å². The SMILES string of the molecule is CCC(CC)(C[C@H]1CC(c2ccccc2)=C(c2ccccc2)C[C@H]1C)C(C#N)C#N. The lowest BCUT2D eigenvalue weighted by molar-refractivity contribution is 0.138. The van der Waals surface area contributed by atoms with E-state index in [-0.39, 0.29) is 5.41 Å². The Morgan fingerprint density at radius 2 is 1.30 bits per heavy atom. The van der Waals surface area contributed by atoms with E-state index in [1.165, 1.54) is 22.3 Å². The van der Waals surface area contributed by atoms with E-state index in [0.717, 1.165) is 32.1 Å². The lowest BCUT2D eigenvalue weighted by atomic mass is 9.62. The quantitative estimate of drug-likeness (QED) is 0.486. The lowest BCUT2D eigenvalue weighted by Gasteiger charge is -2.41. The highest BCUT2D eigenvalue weighted by atomic mass is 14.5. The molecule has 0 radical (unpaired) electrons. The van der Waals surface area contributed by atoms with Crippen molar-refractivity contribution in [2.45, 2.75) is 52.9 Å². The molecular weight excluding hydrogens is 364 g/mol. The molecule has 0 saturated heterocycles. The third kappa shape index (κ3) is 4.34. The molecule has 3 rings (SSSR count). The molecule has 2 aromatic rings. The van der Waals surface area contributed by atoms with Crippen LogP contribution in [0.4, 0.5) is 0 Å². The fourth-order valence-corrected chi connectivity index (χ4v) is 5.22. The van der Waals surface area contributed by atoms with Gasteiger partial charge in [0, 0.05) is 0 Å². The van der Waals surface area contributed by atoms with Crippen LogP contribution in [0.25, 0.3) is 11.1 Å². The van der Waals surface area contributed by atoms with Crippen LogP contribution < -0.4 is 0 Å². The van der Waals surface area contributed by atoms with Crippen molar-refractivity contribution < 1.29 is 0 Å². The van der Waals surface area contributed by atoms with E-state index in [0.29, 0.717) is 11.8 Å². The Kier molecular flexibility index (Phi) is 7.12. The van der Waals surface area contributed by atoms with Crippen LogP contribution in [0.5, 0.6) is 0 Å². The summed E-state index contributed by atoms with van der Waals surface area (Å²) in [6.45, 7) is 6.63. The van der Waals surface area contributed by atoms with Crippen molar-refractivity contribution in [1.29, 1.82) is 10.5 Å². The first-order valence-electron chi connectivity index (χ1n) is 11.2. The lowest BCUT2D eigenvalue weighted by Crippen LogP contribution is -2.33. The van der Waals surface area contributed by atoms with Gasteiger partial charge < -0.3 is 0 Å². The summed E-state index contributed by atoms with van der Waals surface area (Å²) in [5.74, 6) is 0.444. The molecule has 2 aromatic carbocycles. The zero-order chi connectivity index (χ0) is 21.6. The Balaban J connectivity index is 2.02. The normalized spacial score (nSPS) is 19.4. The second kappa shape index (κ2) is 9.77. The van der Waals surface area contributed by atoms with Crippen LogP contribution in [-0.2, 0) is 0 Å². The minimum absolute atomic E-state index is 0.228. The van der Waals surface area contributed by atoms with Crippen molar-refractivity contribution in [2.24, 2.45) is 23.2 Å². The van der Waals surface area contributed by atoms with Crippen molar-refractivity contribution in [3.63, 3.8) is 0 Å². The fraction of sp³-hybridized carbons (Fsp3) is 0.429. The molecule has 1 aliphatic rings. The zero-order valence-electron chi connectivity index (χ0n) is 18.4. The van der Waals surface area contributed by atoms with Crippen LogP contribution >= 0.6 is 0 Å². The molecule has 2 heteroatoms. The van der Waals surface area contributed by atoms with Gasteiger partial charge in [0.05, 0.1) is 12.1 Å². The predicted molar refractivity (Wildman–Crippen MR) is 124 cm³/mol. The summed E-state index contributed by atoms with van der Waals surface area (Å²) < 4.78 is 0. The van der Waals surface area contributed by atoms with Crippen LogP contribution in [0.15, 0.2) is 60.7 Å². The highest BCUT2D eigenvalue weighted by Crippen LogP contribution is 2.50. The molecule has 154 valence electrons. The molecule has 0 amide bonds. The number of nitrogens with zero attached hydrogens (tertiary/aromatic N) is 2. The summed E-state index contributed by atoms with van der Waals surface area (Å²) in [5.41, 5.74) is 5.25. The van der Waals surface area contributed by atoms with Gasteiger partial charge in [-0.1, -0.05) is 81.4 Å². The molecule has 0 aliphatic heterocycles. The molecular formula is C28H32N2. The van der Waals surface area contributed by atoms with Gasteiger partial charge in [0.15, 0.2) is 0 Å². The van der Waals surface area contributed by atoms with Gasteiger partial charge in [-0.25, -0.2) is 0 Å². The molecule has 0 spiro atoms. The van der Waals surface area contributed by atoms with Gasteiger partial charge in [-0.15, -0.1) is 0 Å². The van der Waals surface area contributed by atoms with Crippen molar-refractivity contribution in [1.82, 2.24) is 0 Å². The summed E-state index contributed by atoms with van der Waals surface area (Å²) in [7, 11) is 0. The second-order valence-corrected chi connectivity index (χ2v) is 8.80. The van der Waals surface area contributed by atoms with Gasteiger partial charge in [0.2, 0.25) is 0 Å². The number of benzene rings is 2. The Morgan fingerprint density at radius 3 is 1.73 bits per heavy atom. The van der Waals surface area contributed by atoms with Crippen LogP contribution in [-0.4, -0.2) is 0 Å². The van der Waals surface area contributed by atoms with E-state index < -0.39 is 5.92 Å². The summed E-state index contributed by atoms with van der Waals surface area (Å²) >= 11 is 0. The Labute approximate surface area is 181 Å². The maximum atomic E-state index is 9.66. The average molecular weight is 397 g/mol. The Morgan fingerprint density at radius 1 is 0.833 bits per heavy atom. The van der Waals surface area contributed by atoms with Crippen molar-refractivity contribution in [3.05, 3.63) is 71.8 Å². The largest absolute Gasteiger partial charge is 0.197 e. The minimum atomic E-state index is -0.542. The second-order valence-electron chi connectivity index (χ2n) is 8.80. The Hall–Kier alpha value is -2.84. The number of hydrogen-bond acceptors (Lipinski definition) is 2. The van der Waals surface area contributed by atoms with Crippen molar-refractivity contribution in [3.8, 4) is 12.1 Å². The van der Waals surface area contributed by atoms with E-state index in [9.17, 15) is 10.5 Å². The Bertz CT molecular complexity index is 926. The van der Waals surface area contributed by atoms with E-state index >= 15 is 0 Å². The van der Waals surface area contributed by atoms with Gasteiger partial charge in [0.25, 0.3) is 0 Å². The molecule has 0 N–H and O–H groups in total. The molecule has 0 fully saturated rings. The zero-order valence-corrected chi connectivity index (χ0v) is 18.4. The van der Waals surface area contributed by atoms with E-state index in [4.69, 9.17) is 0 Å². The van der Waals surface area contributed by atoms with Crippen LogP contribution in [0.1, 0.15) is 64.0 Å². The molecule has 30 heavy (non-hydrogen) atoms.